The molecule has 7 heteroatoms. The van der Waals surface area contributed by atoms with Crippen molar-refractivity contribution in [2.45, 2.75) is 13.8 Å². The molecule has 2 aromatic carbocycles. The molecule has 0 N–H and O–H groups in total. The smallest absolute Gasteiger partial charge is 0.282 e. The number of carbonyl (C=O) groups excluding carboxylic acids is 2. The zero-order valence-electron chi connectivity index (χ0n) is 19.2. The number of hydrogen-bond acceptors (Lipinski definition) is 4. The van der Waals surface area contributed by atoms with E-state index in [0.29, 0.717) is 34.1 Å². The quantitative estimate of drug-likeness (QED) is 0.558. The number of nitrogens with zero attached hydrogens (tertiary/aromatic N) is 4. The highest BCUT2D eigenvalue weighted by atomic mass is 16.2. The van der Waals surface area contributed by atoms with Crippen LogP contribution < -0.4 is 26.2 Å². The van der Waals surface area contributed by atoms with Crippen LogP contribution in [0, 0.1) is 6.92 Å². The van der Waals surface area contributed by atoms with Crippen molar-refractivity contribution in [3.8, 4) is 0 Å². The SMILES string of the molecule is CC(=O)N(CC=C=C/C=c1\c(C)c2c(n(C)c1=O)=NN(c1ccccc1)C2=O)c1ccccc1. The van der Waals surface area contributed by atoms with Gasteiger partial charge < -0.3 is 4.90 Å². The van der Waals surface area contributed by atoms with Crippen molar-refractivity contribution in [1.29, 1.82) is 0 Å². The number of para-hydroxylation sites is 2. The molecule has 0 bridgehead atoms. The summed E-state index contributed by atoms with van der Waals surface area (Å²) in [5, 5.41) is 6.11. The van der Waals surface area contributed by atoms with Gasteiger partial charge in [0.05, 0.1) is 17.8 Å². The Bertz CT molecular complexity index is 1500. The minimum atomic E-state index is -0.275. The first-order valence-electron chi connectivity index (χ1n) is 10.8. The lowest BCUT2D eigenvalue weighted by atomic mass is 10.1. The highest BCUT2D eigenvalue weighted by Gasteiger charge is 2.29. The van der Waals surface area contributed by atoms with Gasteiger partial charge in [-0.05, 0) is 55.0 Å². The predicted octanol–water partition coefficient (Wildman–Crippen LogP) is 2.43. The topological polar surface area (TPSA) is 75.0 Å². The molecular formula is C27H24N4O3. The third-order valence-electron chi connectivity index (χ3n) is 5.64. The van der Waals surface area contributed by atoms with E-state index in [-0.39, 0.29) is 17.4 Å². The second-order valence-corrected chi connectivity index (χ2v) is 7.82. The minimum absolute atomic E-state index is 0.0817. The molecule has 0 saturated carbocycles. The number of pyridine rings is 1. The normalized spacial score (nSPS) is 12.6. The Morgan fingerprint density at radius 3 is 2.35 bits per heavy atom. The summed E-state index contributed by atoms with van der Waals surface area (Å²) in [6.45, 7) is 3.60. The van der Waals surface area contributed by atoms with E-state index in [9.17, 15) is 14.4 Å². The average molecular weight is 453 g/mol. The number of hydrogen-bond donors (Lipinski definition) is 0. The van der Waals surface area contributed by atoms with Crippen LogP contribution >= 0.6 is 0 Å². The summed E-state index contributed by atoms with van der Waals surface area (Å²) in [6, 6.07) is 18.5. The van der Waals surface area contributed by atoms with Gasteiger partial charge in [-0.1, -0.05) is 36.4 Å². The standard InChI is InChI=1S/C27H24N4O3/c1-19-23(17-11-6-12-18-30(20(2)32)21-13-7-4-8-14-21)26(33)29(3)25-24(19)27(34)31(28-25)22-15-9-5-10-16-22/h4-5,7-17H,18H2,1-3H3/b23-17+. The lowest BCUT2D eigenvalue weighted by Gasteiger charge is -2.18. The fraction of sp³-hybridized carbons (Fsp3) is 0.148. The van der Waals surface area contributed by atoms with E-state index in [2.05, 4.69) is 10.8 Å². The summed E-state index contributed by atoms with van der Waals surface area (Å²) in [7, 11) is 1.60. The van der Waals surface area contributed by atoms with Gasteiger partial charge in [0.1, 0.15) is 0 Å². The lowest BCUT2D eigenvalue weighted by Crippen LogP contribution is -2.44. The largest absolute Gasteiger partial charge is 0.308 e. The maximum atomic E-state index is 13.1. The number of carbonyl (C=O) groups is 2. The molecule has 3 aromatic rings. The number of anilines is 2. The number of benzene rings is 2. The molecule has 7 nitrogen and oxygen atoms in total. The van der Waals surface area contributed by atoms with Gasteiger partial charge >= 0.3 is 0 Å². The minimum Gasteiger partial charge on any atom is -0.308 e. The monoisotopic (exact) mass is 452 g/mol. The van der Waals surface area contributed by atoms with Crippen molar-refractivity contribution in [1.82, 2.24) is 4.57 Å². The second kappa shape index (κ2) is 9.57. The number of fused-ring (bicyclic) bond motifs is 1. The Hall–Kier alpha value is -4.48. The van der Waals surface area contributed by atoms with Crippen molar-refractivity contribution in [3.63, 3.8) is 0 Å². The Balaban J connectivity index is 1.66. The number of amides is 2. The number of aromatic nitrogens is 1. The highest BCUT2D eigenvalue weighted by Crippen LogP contribution is 2.19. The Labute approximate surface area is 196 Å². The zero-order chi connectivity index (χ0) is 24.2. The zero-order valence-corrected chi connectivity index (χ0v) is 19.2. The van der Waals surface area contributed by atoms with Gasteiger partial charge in [0, 0.05) is 24.9 Å². The average Bonchev–Trinajstić information content (AvgIpc) is 3.20. The summed E-state index contributed by atoms with van der Waals surface area (Å²) < 4.78 is 1.39. The second-order valence-electron chi connectivity index (χ2n) is 7.82. The molecule has 2 heterocycles. The molecule has 1 aliphatic rings. The van der Waals surface area contributed by atoms with E-state index >= 15 is 0 Å². The van der Waals surface area contributed by atoms with Crippen LogP contribution in [0.2, 0.25) is 0 Å². The third-order valence-corrected chi connectivity index (χ3v) is 5.64. The first-order chi connectivity index (χ1) is 16.4. The van der Waals surface area contributed by atoms with Crippen LogP contribution in [0.5, 0.6) is 0 Å². The first-order valence-corrected chi connectivity index (χ1v) is 10.8. The van der Waals surface area contributed by atoms with Gasteiger partial charge in [-0.3, -0.25) is 19.0 Å². The molecule has 4 rings (SSSR count). The molecular weight excluding hydrogens is 428 g/mol. The van der Waals surface area contributed by atoms with Crippen molar-refractivity contribution in [2.75, 3.05) is 16.5 Å². The van der Waals surface area contributed by atoms with Crippen LogP contribution in [0.4, 0.5) is 11.4 Å². The van der Waals surface area contributed by atoms with Crippen molar-refractivity contribution >= 4 is 29.3 Å². The van der Waals surface area contributed by atoms with Gasteiger partial charge in [0.2, 0.25) is 5.91 Å². The molecule has 1 aliphatic heterocycles. The Kier molecular flexibility index (Phi) is 6.39. The Morgan fingerprint density at radius 1 is 1.06 bits per heavy atom. The predicted molar refractivity (Wildman–Crippen MR) is 132 cm³/mol. The van der Waals surface area contributed by atoms with Gasteiger partial charge in [0.25, 0.3) is 11.5 Å². The molecule has 170 valence electrons. The fourth-order valence-corrected chi connectivity index (χ4v) is 3.83. The molecule has 0 atom stereocenters. The summed E-state index contributed by atoms with van der Waals surface area (Å²) in [5.41, 5.74) is 5.50. The van der Waals surface area contributed by atoms with E-state index in [0.717, 1.165) is 5.69 Å². The maximum Gasteiger partial charge on any atom is 0.282 e. The number of rotatable bonds is 5. The van der Waals surface area contributed by atoms with E-state index in [1.165, 1.54) is 16.5 Å². The molecule has 0 saturated heterocycles. The summed E-state index contributed by atoms with van der Waals surface area (Å²) in [4.78, 5) is 39.7. The fourth-order valence-electron chi connectivity index (χ4n) is 3.83. The summed E-state index contributed by atoms with van der Waals surface area (Å²) in [5.74, 6) is -0.356. The van der Waals surface area contributed by atoms with Crippen LogP contribution in [0.1, 0.15) is 22.8 Å². The third kappa shape index (κ3) is 4.25. The summed E-state index contributed by atoms with van der Waals surface area (Å²) in [6.07, 6.45) is 4.97. The van der Waals surface area contributed by atoms with Crippen LogP contribution in [0.15, 0.2) is 88.4 Å². The molecule has 34 heavy (non-hydrogen) atoms. The first kappa shape index (κ1) is 22.7. The molecule has 0 spiro atoms. The lowest BCUT2D eigenvalue weighted by molar-refractivity contribution is -0.116. The maximum absolute atomic E-state index is 13.1. The van der Waals surface area contributed by atoms with Crippen molar-refractivity contribution in [3.05, 3.63) is 111 Å². The molecule has 0 aliphatic carbocycles. The summed E-state index contributed by atoms with van der Waals surface area (Å²) >= 11 is 0. The van der Waals surface area contributed by atoms with Crippen molar-refractivity contribution < 1.29 is 9.59 Å². The van der Waals surface area contributed by atoms with Crippen LogP contribution in [-0.4, -0.2) is 22.9 Å². The molecule has 0 radical (unpaired) electrons. The van der Waals surface area contributed by atoms with Gasteiger partial charge in [-0.25, -0.2) is 0 Å². The molecule has 0 fully saturated rings. The van der Waals surface area contributed by atoms with Crippen LogP contribution in [0.25, 0.3) is 6.08 Å². The van der Waals surface area contributed by atoms with Gasteiger partial charge in [0.15, 0.2) is 5.49 Å². The van der Waals surface area contributed by atoms with E-state index in [1.807, 2.05) is 48.5 Å². The molecule has 2 amide bonds. The van der Waals surface area contributed by atoms with Gasteiger partial charge in [-0.2, -0.15) is 5.01 Å². The van der Waals surface area contributed by atoms with Gasteiger partial charge in [-0.15, -0.1) is 10.8 Å². The van der Waals surface area contributed by atoms with Crippen LogP contribution in [-0.2, 0) is 11.8 Å². The Morgan fingerprint density at radius 2 is 1.71 bits per heavy atom. The van der Waals surface area contributed by atoms with E-state index < -0.39 is 0 Å². The van der Waals surface area contributed by atoms with E-state index in [1.54, 1.807) is 49.2 Å². The highest BCUT2D eigenvalue weighted by molar-refractivity contribution is 6.07. The van der Waals surface area contributed by atoms with E-state index in [4.69, 9.17) is 0 Å². The van der Waals surface area contributed by atoms with Crippen LogP contribution in [0.3, 0.4) is 0 Å². The van der Waals surface area contributed by atoms with Crippen molar-refractivity contribution in [2.24, 2.45) is 12.1 Å². The molecule has 1 aromatic heterocycles. The molecule has 0 unspecified atom stereocenters.